The Morgan fingerprint density at radius 2 is 2.00 bits per heavy atom. The Kier molecular flexibility index (Phi) is 4.49. The van der Waals surface area contributed by atoms with E-state index >= 15 is 0 Å². The molecule has 5 unspecified atom stereocenters. The van der Waals surface area contributed by atoms with Crippen molar-refractivity contribution in [2.45, 2.75) is 51.2 Å². The van der Waals surface area contributed by atoms with Gasteiger partial charge in [0, 0.05) is 10.7 Å². The summed E-state index contributed by atoms with van der Waals surface area (Å²) in [5.74, 6) is 2.07. The minimum absolute atomic E-state index is 0.190. The predicted octanol–water partition coefficient (Wildman–Crippen LogP) is 5.75. The van der Waals surface area contributed by atoms with Crippen molar-refractivity contribution in [3.63, 3.8) is 0 Å². The van der Waals surface area contributed by atoms with Crippen LogP contribution in [0.3, 0.4) is 0 Å². The van der Waals surface area contributed by atoms with E-state index in [4.69, 9.17) is 12.6 Å². The van der Waals surface area contributed by atoms with Crippen LogP contribution in [0.5, 0.6) is 0 Å². The molecule has 0 saturated carbocycles. The molecule has 0 fully saturated rings. The molecule has 0 saturated heterocycles. The highest BCUT2D eigenvalue weighted by Gasteiger charge is 2.42. The summed E-state index contributed by atoms with van der Waals surface area (Å²) < 4.78 is 0. The minimum atomic E-state index is 0.190. The summed E-state index contributed by atoms with van der Waals surface area (Å²) >= 11 is 4.88. The van der Waals surface area contributed by atoms with Crippen molar-refractivity contribution in [2.24, 2.45) is 23.2 Å². The van der Waals surface area contributed by atoms with Gasteiger partial charge in [-0.3, -0.25) is 0 Å². The summed E-state index contributed by atoms with van der Waals surface area (Å²) in [5.41, 5.74) is 1.89. The number of hydrogen-bond acceptors (Lipinski definition) is 1. The van der Waals surface area contributed by atoms with Gasteiger partial charge in [0.15, 0.2) is 0 Å². The lowest BCUT2D eigenvalue weighted by Crippen LogP contribution is -2.40. The Balaban J connectivity index is 1.84. The molecule has 0 aliphatic heterocycles. The lowest BCUT2D eigenvalue weighted by atomic mass is 9.60. The molecular formula is C20H28S. The van der Waals surface area contributed by atoms with Crippen molar-refractivity contribution < 1.29 is 0 Å². The van der Waals surface area contributed by atoms with E-state index in [1.165, 1.54) is 32.1 Å². The zero-order chi connectivity index (χ0) is 14.9. The fourth-order valence-corrected chi connectivity index (χ4v) is 4.98. The summed E-state index contributed by atoms with van der Waals surface area (Å²) in [7, 11) is 0. The van der Waals surface area contributed by atoms with Gasteiger partial charge in [-0.1, -0.05) is 62.0 Å². The summed E-state index contributed by atoms with van der Waals surface area (Å²) in [6.45, 7) is 4.86. The highest BCUT2D eigenvalue weighted by molar-refractivity contribution is 7.81. The number of thiol groups is 1. The highest BCUT2D eigenvalue weighted by Crippen LogP contribution is 2.50. The first-order valence-electron chi connectivity index (χ1n) is 8.53. The van der Waals surface area contributed by atoms with E-state index in [9.17, 15) is 0 Å². The molecule has 0 N–H and O–H groups in total. The smallest absolute Gasteiger partial charge is 0.0291 e. The highest BCUT2D eigenvalue weighted by atomic mass is 32.1. The zero-order valence-electron chi connectivity index (χ0n) is 13.3. The molecule has 0 radical (unpaired) electrons. The fourth-order valence-electron chi connectivity index (χ4n) is 4.61. The Labute approximate surface area is 135 Å². The van der Waals surface area contributed by atoms with Gasteiger partial charge in [-0.25, -0.2) is 0 Å². The van der Waals surface area contributed by atoms with Crippen molar-refractivity contribution in [1.29, 1.82) is 0 Å². The van der Waals surface area contributed by atoms with E-state index in [2.05, 4.69) is 56.4 Å². The van der Waals surface area contributed by atoms with E-state index in [-0.39, 0.29) is 5.41 Å². The molecule has 3 aliphatic carbocycles. The molecule has 5 atom stereocenters. The van der Waals surface area contributed by atoms with Crippen molar-refractivity contribution in [3.05, 3.63) is 48.1 Å². The largest absolute Gasteiger partial charge is 0.171 e. The molecule has 1 heteroatoms. The summed E-state index contributed by atoms with van der Waals surface area (Å²) in [5, 5.41) is 0.344. The topological polar surface area (TPSA) is 0 Å². The van der Waals surface area contributed by atoms with Crippen molar-refractivity contribution in [3.8, 4) is 0 Å². The number of hydrogen-bond donors (Lipinski definition) is 1. The van der Waals surface area contributed by atoms with Crippen LogP contribution >= 0.6 is 12.6 Å². The molecule has 0 aromatic heterocycles. The minimum Gasteiger partial charge on any atom is -0.171 e. The number of rotatable bonds is 2. The van der Waals surface area contributed by atoms with Gasteiger partial charge in [-0.2, -0.15) is 12.6 Å². The maximum Gasteiger partial charge on any atom is 0.0291 e. The number of allylic oxidation sites excluding steroid dienone is 7. The summed E-state index contributed by atoms with van der Waals surface area (Å²) in [6, 6.07) is 0. The van der Waals surface area contributed by atoms with E-state index < -0.39 is 0 Å². The Bertz CT molecular complexity index is 496. The van der Waals surface area contributed by atoms with E-state index in [0.29, 0.717) is 23.0 Å². The predicted molar refractivity (Wildman–Crippen MR) is 95.6 cm³/mol. The molecular weight excluding hydrogens is 272 g/mol. The summed E-state index contributed by atoms with van der Waals surface area (Å²) in [6.07, 6.45) is 22.9. The van der Waals surface area contributed by atoms with Crippen LogP contribution in [-0.2, 0) is 0 Å². The average molecular weight is 301 g/mol. The van der Waals surface area contributed by atoms with Gasteiger partial charge < -0.3 is 0 Å². The molecule has 3 aliphatic rings. The third kappa shape index (κ3) is 2.82. The Morgan fingerprint density at radius 1 is 1.14 bits per heavy atom. The molecule has 0 spiro atoms. The third-order valence-corrected chi connectivity index (χ3v) is 6.69. The lowest BCUT2D eigenvalue weighted by Gasteiger charge is -2.46. The molecule has 0 heterocycles. The van der Waals surface area contributed by atoms with Crippen LogP contribution in [-0.4, -0.2) is 5.25 Å². The maximum absolute atomic E-state index is 4.88. The lowest BCUT2D eigenvalue weighted by molar-refractivity contribution is 0.178. The third-order valence-electron chi connectivity index (χ3n) is 5.97. The second-order valence-electron chi connectivity index (χ2n) is 7.20. The standard InChI is InChI=1S/C20H28S/c1-15-17(16-9-4-3-5-10-16)11-8-12-18(15)20(2)14-7-6-13-19(20)21/h4,6-7,9,11,13-16,18-19,21H,3,5,8,10,12H2,1-2H3. The van der Waals surface area contributed by atoms with Crippen LogP contribution in [0.2, 0.25) is 0 Å². The van der Waals surface area contributed by atoms with Crippen molar-refractivity contribution in [1.82, 2.24) is 0 Å². The molecule has 0 bridgehead atoms. The van der Waals surface area contributed by atoms with Crippen LogP contribution in [0, 0.1) is 23.2 Å². The second-order valence-corrected chi connectivity index (χ2v) is 7.75. The normalized spacial score (nSPS) is 42.9. The SMILES string of the molecule is CC1C(C2C=CCCC2)=CCCC1C1(C)C=CC=CC1S. The van der Waals surface area contributed by atoms with E-state index in [1.807, 2.05) is 0 Å². The molecule has 0 aromatic rings. The Morgan fingerprint density at radius 3 is 2.71 bits per heavy atom. The van der Waals surface area contributed by atoms with Gasteiger partial charge in [-0.05, 0) is 49.9 Å². The van der Waals surface area contributed by atoms with Crippen LogP contribution in [0.25, 0.3) is 0 Å². The van der Waals surface area contributed by atoms with Crippen LogP contribution in [0.4, 0.5) is 0 Å². The summed E-state index contributed by atoms with van der Waals surface area (Å²) in [4.78, 5) is 0. The molecule has 114 valence electrons. The van der Waals surface area contributed by atoms with Gasteiger partial charge in [-0.15, -0.1) is 0 Å². The molecule has 0 nitrogen and oxygen atoms in total. The van der Waals surface area contributed by atoms with E-state index in [0.717, 1.165) is 0 Å². The van der Waals surface area contributed by atoms with Gasteiger partial charge in [0.1, 0.15) is 0 Å². The fraction of sp³-hybridized carbons (Fsp3) is 0.600. The molecule has 0 aromatic carbocycles. The Hall–Kier alpha value is -0.690. The van der Waals surface area contributed by atoms with Crippen molar-refractivity contribution in [2.75, 3.05) is 0 Å². The molecule has 3 rings (SSSR count). The molecule has 0 amide bonds. The van der Waals surface area contributed by atoms with Crippen molar-refractivity contribution >= 4 is 12.6 Å². The van der Waals surface area contributed by atoms with Gasteiger partial charge in [0.2, 0.25) is 0 Å². The van der Waals surface area contributed by atoms with Crippen LogP contribution < -0.4 is 0 Å². The van der Waals surface area contributed by atoms with E-state index in [1.54, 1.807) is 5.57 Å². The average Bonchev–Trinajstić information content (AvgIpc) is 2.51. The first-order valence-corrected chi connectivity index (χ1v) is 9.05. The first kappa shape index (κ1) is 15.2. The van der Waals surface area contributed by atoms with Gasteiger partial charge >= 0.3 is 0 Å². The zero-order valence-corrected chi connectivity index (χ0v) is 14.2. The van der Waals surface area contributed by atoms with Crippen LogP contribution in [0.1, 0.15) is 46.0 Å². The second kappa shape index (κ2) is 6.20. The first-order chi connectivity index (χ1) is 10.1. The molecule has 21 heavy (non-hydrogen) atoms. The van der Waals surface area contributed by atoms with Gasteiger partial charge in [0.05, 0.1) is 0 Å². The quantitative estimate of drug-likeness (QED) is 0.487. The monoisotopic (exact) mass is 300 g/mol. The maximum atomic E-state index is 4.88. The van der Waals surface area contributed by atoms with Gasteiger partial charge in [0.25, 0.3) is 0 Å². The van der Waals surface area contributed by atoms with Crippen LogP contribution in [0.15, 0.2) is 48.1 Å².